The van der Waals surface area contributed by atoms with Crippen molar-refractivity contribution in [2.45, 2.75) is 76.7 Å². The summed E-state index contributed by atoms with van der Waals surface area (Å²) in [4.78, 5) is 0. The lowest BCUT2D eigenvalue weighted by Gasteiger charge is -2.34. The topological polar surface area (TPSA) is 9.23 Å². The molecule has 0 amide bonds. The van der Waals surface area contributed by atoms with Crippen LogP contribution in [0.15, 0.2) is 78.4 Å². The molecule has 0 radical (unpaired) electrons. The molecule has 0 N–H and O–H groups in total. The molecule has 0 aliphatic heterocycles. The Morgan fingerprint density at radius 1 is 0.812 bits per heavy atom. The molecule has 0 saturated heterocycles. The molecule has 3 heteroatoms. The molecule has 0 bridgehead atoms. The Labute approximate surface area is 192 Å². The van der Waals surface area contributed by atoms with E-state index in [0.717, 1.165) is 44.1 Å². The standard InChI is InChI=1S/C29H36F2O/c1-3-5-7-12-20-32-29(25-18-16-23(17-19-25)13-9-6-4-2)22-27(30)26(21-28(29)31)24-14-10-8-11-15-24/h8,10-11,14-19,21-22,26H,3-7,9,12-13,20H2,1-2H3. The van der Waals surface area contributed by atoms with Gasteiger partial charge in [-0.2, -0.15) is 0 Å². The molecule has 0 spiro atoms. The van der Waals surface area contributed by atoms with Crippen molar-refractivity contribution in [3.8, 4) is 0 Å². The molecule has 2 aromatic carbocycles. The van der Waals surface area contributed by atoms with Crippen LogP contribution >= 0.6 is 0 Å². The van der Waals surface area contributed by atoms with E-state index >= 15 is 8.78 Å². The van der Waals surface area contributed by atoms with Gasteiger partial charge in [-0.15, -0.1) is 0 Å². The Morgan fingerprint density at radius 2 is 1.50 bits per heavy atom. The van der Waals surface area contributed by atoms with Crippen LogP contribution in [0.2, 0.25) is 0 Å². The van der Waals surface area contributed by atoms with Crippen LogP contribution in [0.1, 0.15) is 81.4 Å². The predicted octanol–water partition coefficient (Wildman–Crippen LogP) is 8.72. The predicted molar refractivity (Wildman–Crippen MR) is 129 cm³/mol. The Hall–Kier alpha value is -2.26. The third kappa shape index (κ3) is 5.95. The van der Waals surface area contributed by atoms with Crippen LogP contribution in [0.3, 0.4) is 0 Å². The van der Waals surface area contributed by atoms with Crippen LogP contribution in [-0.2, 0) is 16.8 Å². The minimum Gasteiger partial charge on any atom is -0.359 e. The highest BCUT2D eigenvalue weighted by Gasteiger charge is 2.41. The molecule has 2 aromatic rings. The van der Waals surface area contributed by atoms with Crippen LogP contribution in [0.4, 0.5) is 8.78 Å². The monoisotopic (exact) mass is 438 g/mol. The second-order valence-corrected chi connectivity index (χ2v) is 8.73. The molecule has 0 heterocycles. The van der Waals surface area contributed by atoms with E-state index < -0.39 is 17.3 Å². The molecular weight excluding hydrogens is 402 g/mol. The number of halogens is 2. The van der Waals surface area contributed by atoms with E-state index in [0.29, 0.717) is 12.2 Å². The average Bonchev–Trinajstić information content (AvgIpc) is 2.82. The summed E-state index contributed by atoms with van der Waals surface area (Å²) < 4.78 is 37.3. The van der Waals surface area contributed by atoms with Gasteiger partial charge in [0.05, 0.1) is 5.92 Å². The zero-order chi connectivity index (χ0) is 22.8. The fraction of sp³-hybridized carbons (Fsp3) is 0.448. The van der Waals surface area contributed by atoms with Gasteiger partial charge >= 0.3 is 0 Å². The highest BCUT2D eigenvalue weighted by atomic mass is 19.1. The number of hydrogen-bond acceptors (Lipinski definition) is 1. The maximum Gasteiger partial charge on any atom is 0.165 e. The van der Waals surface area contributed by atoms with Gasteiger partial charge in [-0.25, -0.2) is 8.78 Å². The van der Waals surface area contributed by atoms with Crippen molar-refractivity contribution >= 4 is 0 Å². The third-order valence-corrected chi connectivity index (χ3v) is 6.24. The second kappa shape index (κ2) is 12.1. The van der Waals surface area contributed by atoms with Gasteiger partial charge < -0.3 is 4.74 Å². The van der Waals surface area contributed by atoms with Crippen LogP contribution in [-0.4, -0.2) is 6.61 Å². The summed E-state index contributed by atoms with van der Waals surface area (Å²) in [5.74, 6) is -1.54. The van der Waals surface area contributed by atoms with Gasteiger partial charge in [0.2, 0.25) is 0 Å². The summed E-state index contributed by atoms with van der Waals surface area (Å²) in [6.07, 6.45) is 11.3. The number of allylic oxidation sites excluding steroid dienone is 2. The fourth-order valence-electron chi connectivity index (χ4n) is 4.29. The highest BCUT2D eigenvalue weighted by Crippen LogP contribution is 2.45. The van der Waals surface area contributed by atoms with Crippen molar-refractivity contribution < 1.29 is 13.5 Å². The first-order chi connectivity index (χ1) is 15.6. The van der Waals surface area contributed by atoms with Crippen molar-refractivity contribution in [1.82, 2.24) is 0 Å². The van der Waals surface area contributed by atoms with Crippen molar-refractivity contribution in [3.63, 3.8) is 0 Å². The highest BCUT2D eigenvalue weighted by molar-refractivity contribution is 5.46. The Balaban J connectivity index is 1.88. The molecule has 2 atom stereocenters. The van der Waals surface area contributed by atoms with E-state index in [2.05, 4.69) is 13.8 Å². The van der Waals surface area contributed by atoms with E-state index in [-0.39, 0.29) is 5.83 Å². The number of rotatable bonds is 12. The molecule has 1 aliphatic rings. The first kappa shape index (κ1) is 24.4. The number of benzene rings is 2. The zero-order valence-electron chi connectivity index (χ0n) is 19.5. The normalized spacial score (nSPS) is 20.7. The van der Waals surface area contributed by atoms with Crippen LogP contribution < -0.4 is 0 Å². The van der Waals surface area contributed by atoms with E-state index in [1.807, 2.05) is 54.6 Å². The average molecular weight is 439 g/mol. The molecule has 32 heavy (non-hydrogen) atoms. The molecule has 3 rings (SSSR count). The van der Waals surface area contributed by atoms with E-state index in [1.165, 1.54) is 30.6 Å². The lowest BCUT2D eigenvalue weighted by atomic mass is 9.82. The molecule has 2 unspecified atom stereocenters. The first-order valence-electron chi connectivity index (χ1n) is 12.1. The van der Waals surface area contributed by atoms with E-state index in [1.54, 1.807) is 0 Å². The van der Waals surface area contributed by atoms with Crippen molar-refractivity contribution in [3.05, 3.63) is 95.1 Å². The third-order valence-electron chi connectivity index (χ3n) is 6.24. The van der Waals surface area contributed by atoms with E-state index in [9.17, 15) is 0 Å². The van der Waals surface area contributed by atoms with Crippen LogP contribution in [0.5, 0.6) is 0 Å². The quantitative estimate of drug-likeness (QED) is 0.301. The largest absolute Gasteiger partial charge is 0.359 e. The Bertz CT molecular complexity index is 885. The number of ether oxygens (including phenoxy) is 1. The van der Waals surface area contributed by atoms with Gasteiger partial charge in [0.25, 0.3) is 0 Å². The summed E-state index contributed by atoms with van der Waals surface area (Å²) in [6, 6.07) is 17.1. The molecular formula is C29H36F2O. The van der Waals surface area contributed by atoms with Gasteiger partial charge in [-0.05, 0) is 48.1 Å². The summed E-state index contributed by atoms with van der Waals surface area (Å²) in [7, 11) is 0. The van der Waals surface area contributed by atoms with Crippen molar-refractivity contribution in [1.29, 1.82) is 0 Å². The van der Waals surface area contributed by atoms with Crippen molar-refractivity contribution in [2.24, 2.45) is 0 Å². The zero-order valence-corrected chi connectivity index (χ0v) is 19.5. The maximum atomic E-state index is 15.7. The summed E-state index contributed by atoms with van der Waals surface area (Å²) in [5.41, 5.74) is 1.10. The SMILES string of the molecule is CCCCCCOC1(c2ccc(CCCCC)cc2)C=C(F)C(c2ccccc2)C=C1F. The number of unbranched alkanes of at least 4 members (excludes halogenated alkanes) is 5. The smallest absolute Gasteiger partial charge is 0.165 e. The molecule has 0 fully saturated rings. The molecule has 1 nitrogen and oxygen atoms in total. The van der Waals surface area contributed by atoms with Gasteiger partial charge in [0.15, 0.2) is 5.60 Å². The van der Waals surface area contributed by atoms with Gasteiger partial charge in [-0.1, -0.05) is 101 Å². The summed E-state index contributed by atoms with van der Waals surface area (Å²) in [5, 5.41) is 0. The lowest BCUT2D eigenvalue weighted by Crippen LogP contribution is -2.32. The molecule has 0 aromatic heterocycles. The summed E-state index contributed by atoms with van der Waals surface area (Å²) >= 11 is 0. The Kier molecular flexibility index (Phi) is 9.23. The molecule has 172 valence electrons. The van der Waals surface area contributed by atoms with Crippen molar-refractivity contribution in [2.75, 3.05) is 6.61 Å². The van der Waals surface area contributed by atoms with Crippen LogP contribution in [0, 0.1) is 0 Å². The molecule has 1 aliphatic carbocycles. The van der Waals surface area contributed by atoms with Gasteiger partial charge in [0, 0.05) is 6.61 Å². The van der Waals surface area contributed by atoms with Crippen LogP contribution in [0.25, 0.3) is 0 Å². The Morgan fingerprint density at radius 3 is 2.19 bits per heavy atom. The van der Waals surface area contributed by atoms with Gasteiger partial charge in [0.1, 0.15) is 11.7 Å². The first-order valence-corrected chi connectivity index (χ1v) is 12.1. The second-order valence-electron chi connectivity index (χ2n) is 8.73. The van der Waals surface area contributed by atoms with Gasteiger partial charge in [-0.3, -0.25) is 0 Å². The lowest BCUT2D eigenvalue weighted by molar-refractivity contribution is -0.00577. The molecule has 0 saturated carbocycles. The summed E-state index contributed by atoms with van der Waals surface area (Å²) in [6.45, 7) is 4.72. The fourth-order valence-corrected chi connectivity index (χ4v) is 4.29. The minimum absolute atomic E-state index is 0.377. The number of hydrogen-bond donors (Lipinski definition) is 0. The number of aryl methyl sites for hydroxylation is 1. The minimum atomic E-state index is -1.50. The van der Waals surface area contributed by atoms with E-state index in [4.69, 9.17) is 4.74 Å². The maximum absolute atomic E-state index is 15.7.